The number of hydrogen-bond acceptors (Lipinski definition) is 3. The van der Waals surface area contributed by atoms with E-state index in [1.54, 1.807) is 24.0 Å². The van der Waals surface area contributed by atoms with Gasteiger partial charge in [-0.1, -0.05) is 36.2 Å². The summed E-state index contributed by atoms with van der Waals surface area (Å²) in [7, 11) is -1.79. The van der Waals surface area contributed by atoms with E-state index in [1.807, 2.05) is 25.1 Å². The third-order valence-electron chi connectivity index (χ3n) is 2.64. The average Bonchev–Trinajstić information content (AvgIpc) is 2.27. The summed E-state index contributed by atoms with van der Waals surface area (Å²) in [6.07, 6.45) is 2.41. The van der Waals surface area contributed by atoms with Crippen LogP contribution in [0.2, 0.25) is 0 Å². The first-order chi connectivity index (χ1) is 8.04. The molecule has 0 aliphatic carbocycles. The van der Waals surface area contributed by atoms with Crippen LogP contribution < -0.4 is 14.9 Å². The smallest absolute Gasteiger partial charge is 0.206 e. The first-order valence-corrected chi connectivity index (χ1v) is 7.42. The van der Waals surface area contributed by atoms with Gasteiger partial charge < -0.3 is 9.46 Å². The van der Waals surface area contributed by atoms with E-state index < -0.39 is 7.37 Å². The topological polar surface area (TPSA) is 56.9 Å². The molecule has 1 aromatic heterocycles. The number of benzene rings is 1. The molecule has 0 aliphatic rings. The van der Waals surface area contributed by atoms with Gasteiger partial charge in [0, 0.05) is 5.39 Å². The van der Waals surface area contributed by atoms with E-state index in [0.29, 0.717) is 22.6 Å². The SMILES string of the molecule is CCCP(=O)([O-])c1c[n+](C)nc2ccccc12. The lowest BCUT2D eigenvalue weighted by atomic mass is 10.2. The molecule has 0 saturated carbocycles. The summed E-state index contributed by atoms with van der Waals surface area (Å²) in [5.74, 6) is 0. The summed E-state index contributed by atoms with van der Waals surface area (Å²) in [4.78, 5) is 12.2. The number of aryl methyl sites for hydroxylation is 1. The van der Waals surface area contributed by atoms with Crippen LogP contribution in [0.25, 0.3) is 10.9 Å². The zero-order chi connectivity index (χ0) is 12.5. The maximum atomic E-state index is 12.2. The Bertz CT molecular complexity index is 598. The fraction of sp³-hybridized carbons (Fsp3) is 0.333. The van der Waals surface area contributed by atoms with E-state index in [-0.39, 0.29) is 6.16 Å². The molecule has 5 heteroatoms. The Morgan fingerprint density at radius 3 is 2.82 bits per heavy atom. The molecule has 0 aliphatic heterocycles. The molecule has 1 atom stereocenters. The molecular formula is C12H15N2O2P. The van der Waals surface area contributed by atoms with Gasteiger partial charge in [-0.3, -0.25) is 0 Å². The maximum Gasteiger partial charge on any atom is 0.206 e. The van der Waals surface area contributed by atoms with Crippen molar-refractivity contribution in [1.29, 1.82) is 0 Å². The Hall–Kier alpha value is -1.25. The van der Waals surface area contributed by atoms with Crippen molar-refractivity contribution in [2.45, 2.75) is 13.3 Å². The van der Waals surface area contributed by atoms with Crippen molar-refractivity contribution in [3.8, 4) is 0 Å². The van der Waals surface area contributed by atoms with Gasteiger partial charge in [0.25, 0.3) is 0 Å². The molecule has 0 amide bonds. The summed E-state index contributed by atoms with van der Waals surface area (Å²) in [6.45, 7) is 1.87. The molecule has 0 fully saturated rings. The number of nitrogens with zero attached hydrogens (tertiary/aromatic N) is 2. The molecule has 90 valence electrons. The molecule has 2 aromatic rings. The predicted molar refractivity (Wildman–Crippen MR) is 65.3 cm³/mol. The number of hydrogen-bond donors (Lipinski definition) is 0. The molecule has 0 spiro atoms. The Labute approximate surface area is 100 Å². The second kappa shape index (κ2) is 4.55. The van der Waals surface area contributed by atoms with E-state index in [0.717, 1.165) is 0 Å². The molecule has 1 heterocycles. The Balaban J connectivity index is 2.72. The highest BCUT2D eigenvalue weighted by molar-refractivity contribution is 7.65. The van der Waals surface area contributed by atoms with Crippen LogP contribution in [0.3, 0.4) is 0 Å². The first-order valence-electron chi connectivity index (χ1n) is 5.61. The number of rotatable bonds is 3. The zero-order valence-corrected chi connectivity index (χ0v) is 10.9. The normalized spacial score (nSPS) is 14.8. The Kier molecular flexibility index (Phi) is 3.27. The van der Waals surface area contributed by atoms with Gasteiger partial charge in [-0.2, -0.15) is 0 Å². The molecule has 0 saturated heterocycles. The van der Waals surface area contributed by atoms with Crippen molar-refractivity contribution in [3.63, 3.8) is 0 Å². The van der Waals surface area contributed by atoms with Crippen molar-refractivity contribution < 1.29 is 14.1 Å². The molecule has 0 bridgehead atoms. The van der Waals surface area contributed by atoms with E-state index in [2.05, 4.69) is 5.10 Å². The van der Waals surface area contributed by atoms with Gasteiger partial charge in [-0.15, -0.1) is 0 Å². The summed E-state index contributed by atoms with van der Waals surface area (Å²) in [5.41, 5.74) is 0.708. The standard InChI is InChI=1S/C12H15N2O2P/c1-3-8-17(15,16)12-9-14(2)13-11-7-5-4-6-10(11)12/h4-7,9H,3,8H2,1-2H3. The number of aromatic nitrogens is 2. The van der Waals surface area contributed by atoms with E-state index in [9.17, 15) is 9.46 Å². The zero-order valence-electron chi connectivity index (χ0n) is 9.96. The third kappa shape index (κ3) is 2.38. The largest absolute Gasteiger partial charge is 0.796 e. The quantitative estimate of drug-likeness (QED) is 0.596. The van der Waals surface area contributed by atoms with Crippen LogP contribution in [-0.2, 0) is 11.6 Å². The molecular weight excluding hydrogens is 235 g/mol. The molecule has 0 N–H and O–H groups in total. The Morgan fingerprint density at radius 2 is 2.12 bits per heavy atom. The highest BCUT2D eigenvalue weighted by atomic mass is 31.2. The van der Waals surface area contributed by atoms with E-state index in [1.165, 1.54) is 0 Å². The van der Waals surface area contributed by atoms with Gasteiger partial charge in [-0.25, -0.2) is 0 Å². The van der Waals surface area contributed by atoms with Crippen LogP contribution in [0.1, 0.15) is 13.3 Å². The monoisotopic (exact) mass is 250 g/mol. The summed E-state index contributed by atoms with van der Waals surface area (Å²) < 4.78 is 13.7. The summed E-state index contributed by atoms with van der Waals surface area (Å²) in [5, 5.41) is 5.37. The molecule has 17 heavy (non-hydrogen) atoms. The minimum Gasteiger partial charge on any atom is -0.796 e. The predicted octanol–water partition coefficient (Wildman–Crippen LogP) is 0.733. The van der Waals surface area contributed by atoms with Crippen LogP contribution in [0.15, 0.2) is 30.5 Å². The minimum atomic E-state index is -3.53. The van der Waals surface area contributed by atoms with Crippen molar-refractivity contribution >= 4 is 23.6 Å². The van der Waals surface area contributed by atoms with Crippen LogP contribution in [-0.4, -0.2) is 11.3 Å². The Morgan fingerprint density at radius 1 is 1.41 bits per heavy atom. The first kappa shape index (κ1) is 12.2. The molecule has 0 radical (unpaired) electrons. The minimum absolute atomic E-state index is 0.195. The van der Waals surface area contributed by atoms with Crippen LogP contribution in [0.4, 0.5) is 0 Å². The summed E-state index contributed by atoms with van der Waals surface area (Å²) >= 11 is 0. The second-order valence-electron chi connectivity index (χ2n) is 4.10. The van der Waals surface area contributed by atoms with Crippen molar-refractivity contribution in [2.24, 2.45) is 7.05 Å². The van der Waals surface area contributed by atoms with Gasteiger partial charge in [0.2, 0.25) is 6.20 Å². The van der Waals surface area contributed by atoms with Crippen molar-refractivity contribution in [3.05, 3.63) is 30.5 Å². The number of fused-ring (bicyclic) bond motifs is 1. The second-order valence-corrected chi connectivity index (χ2v) is 6.38. The molecule has 2 rings (SSSR count). The highest BCUT2D eigenvalue weighted by Crippen LogP contribution is 2.36. The highest BCUT2D eigenvalue weighted by Gasteiger charge is 2.18. The lowest BCUT2D eigenvalue weighted by molar-refractivity contribution is -0.727. The fourth-order valence-corrected chi connectivity index (χ4v) is 3.64. The lowest BCUT2D eigenvalue weighted by Crippen LogP contribution is -2.38. The van der Waals surface area contributed by atoms with Gasteiger partial charge in [-0.05, 0) is 17.3 Å². The van der Waals surface area contributed by atoms with Crippen LogP contribution in [0.5, 0.6) is 0 Å². The van der Waals surface area contributed by atoms with Crippen molar-refractivity contribution in [1.82, 2.24) is 5.10 Å². The van der Waals surface area contributed by atoms with Crippen LogP contribution >= 0.6 is 7.37 Å². The van der Waals surface area contributed by atoms with E-state index >= 15 is 0 Å². The molecule has 1 unspecified atom stereocenters. The lowest BCUT2D eigenvalue weighted by Gasteiger charge is -2.22. The average molecular weight is 250 g/mol. The molecule has 4 nitrogen and oxygen atoms in total. The van der Waals surface area contributed by atoms with Crippen molar-refractivity contribution in [2.75, 3.05) is 6.16 Å². The van der Waals surface area contributed by atoms with Gasteiger partial charge in [0.15, 0.2) is 7.05 Å². The summed E-state index contributed by atoms with van der Waals surface area (Å²) in [6, 6.07) is 7.32. The van der Waals surface area contributed by atoms with E-state index in [4.69, 9.17) is 0 Å². The third-order valence-corrected chi connectivity index (χ3v) is 4.77. The van der Waals surface area contributed by atoms with Crippen LogP contribution in [0, 0.1) is 0 Å². The van der Waals surface area contributed by atoms with Gasteiger partial charge in [0.05, 0.1) is 12.7 Å². The fourth-order valence-electron chi connectivity index (χ4n) is 1.91. The molecule has 1 aromatic carbocycles. The maximum absolute atomic E-state index is 12.2. The van der Waals surface area contributed by atoms with Gasteiger partial charge >= 0.3 is 0 Å². The van der Waals surface area contributed by atoms with Gasteiger partial charge in [0.1, 0.15) is 5.52 Å².